The van der Waals surface area contributed by atoms with Gasteiger partial charge in [0.1, 0.15) is 0 Å². The predicted molar refractivity (Wildman–Crippen MR) is 97.9 cm³/mol. The molecule has 1 aromatic carbocycles. The number of nitrogens with zero attached hydrogens (tertiary/aromatic N) is 3. The third kappa shape index (κ3) is 3.60. The molecular weight excluding hydrogens is 388 g/mol. The molecule has 1 aromatic heterocycles. The average Bonchev–Trinajstić information content (AvgIpc) is 3.52. The van der Waals surface area contributed by atoms with Crippen LogP contribution >= 0.6 is 0 Å². The van der Waals surface area contributed by atoms with Crippen molar-refractivity contribution in [2.45, 2.75) is 17.7 Å². The third-order valence-electron chi connectivity index (χ3n) is 4.09. The molecule has 2 aromatic rings. The Balaban J connectivity index is 2.16. The van der Waals surface area contributed by atoms with Crippen molar-refractivity contribution in [3.05, 3.63) is 35.9 Å². The van der Waals surface area contributed by atoms with Gasteiger partial charge in [-0.05, 0) is 18.9 Å². The molecule has 2 N–H and O–H groups in total. The van der Waals surface area contributed by atoms with E-state index < -0.39 is 22.0 Å². The molecule has 0 spiro atoms. The van der Waals surface area contributed by atoms with Gasteiger partial charge in [0, 0.05) is 11.5 Å². The van der Waals surface area contributed by atoms with Crippen molar-refractivity contribution in [2.24, 2.45) is 11.7 Å². The molecule has 1 fully saturated rings. The van der Waals surface area contributed by atoms with Crippen molar-refractivity contribution in [3.8, 4) is 11.8 Å². The molecule has 148 valence electrons. The molecule has 11 heteroatoms. The number of nitrogens with two attached hydrogens (primary N) is 1. The average molecular weight is 406 g/mol. The number of methoxy groups -OCH3 is 2. The first-order valence-corrected chi connectivity index (χ1v) is 9.68. The highest BCUT2D eigenvalue weighted by atomic mass is 32.2. The van der Waals surface area contributed by atoms with Crippen LogP contribution in [0.2, 0.25) is 0 Å². The minimum Gasteiger partial charge on any atom is -0.481 e. The van der Waals surface area contributed by atoms with E-state index in [1.807, 2.05) is 0 Å². The first kappa shape index (κ1) is 19.5. The summed E-state index contributed by atoms with van der Waals surface area (Å²) in [6, 6.07) is 5.60. The van der Waals surface area contributed by atoms with Crippen molar-refractivity contribution in [3.63, 3.8) is 0 Å². The molecule has 1 aliphatic carbocycles. The van der Waals surface area contributed by atoms with Gasteiger partial charge < -0.3 is 15.2 Å². The summed E-state index contributed by atoms with van der Waals surface area (Å²) in [6.07, 6.45) is 1.39. The molecule has 0 atom stereocenters. The van der Waals surface area contributed by atoms with Gasteiger partial charge in [-0.2, -0.15) is 9.97 Å². The van der Waals surface area contributed by atoms with Crippen LogP contribution in [0.3, 0.4) is 0 Å². The molecular formula is C17H18N4O6S. The highest BCUT2D eigenvalue weighted by Gasteiger charge is 2.38. The lowest BCUT2D eigenvalue weighted by molar-refractivity contribution is 0.0964. The molecule has 28 heavy (non-hydrogen) atoms. The SMILES string of the molecule is COc1cc(OC)nc(N(C(N)=O)S(=O)(=O)c2ccccc2C(=O)C2CC2)n1. The van der Waals surface area contributed by atoms with Gasteiger partial charge in [0.25, 0.3) is 16.0 Å². The minimum absolute atomic E-state index is 0.00823. The van der Waals surface area contributed by atoms with Gasteiger partial charge in [0.15, 0.2) is 5.78 Å². The summed E-state index contributed by atoms with van der Waals surface area (Å²) in [5.74, 6) is -1.15. The number of ether oxygens (including phenoxy) is 2. The second-order valence-electron chi connectivity index (χ2n) is 6.00. The second kappa shape index (κ2) is 7.43. The van der Waals surface area contributed by atoms with E-state index in [0.717, 1.165) is 0 Å². The summed E-state index contributed by atoms with van der Waals surface area (Å²) in [5.41, 5.74) is 5.33. The molecule has 2 amide bonds. The van der Waals surface area contributed by atoms with E-state index in [4.69, 9.17) is 15.2 Å². The summed E-state index contributed by atoms with van der Waals surface area (Å²) in [7, 11) is -1.98. The summed E-state index contributed by atoms with van der Waals surface area (Å²) in [5, 5.41) is 0. The Bertz CT molecular complexity index is 1010. The van der Waals surface area contributed by atoms with E-state index in [-0.39, 0.29) is 38.2 Å². The first-order chi connectivity index (χ1) is 13.3. The van der Waals surface area contributed by atoms with Crippen LogP contribution in [0.15, 0.2) is 35.2 Å². The number of carbonyl (C=O) groups excluding carboxylic acids is 2. The van der Waals surface area contributed by atoms with Crippen molar-refractivity contribution >= 4 is 27.8 Å². The molecule has 1 heterocycles. The maximum absolute atomic E-state index is 13.3. The van der Waals surface area contributed by atoms with Gasteiger partial charge in [-0.25, -0.2) is 13.2 Å². The predicted octanol–water partition coefficient (Wildman–Crippen LogP) is 1.36. The fraction of sp³-hybridized carbons (Fsp3) is 0.294. The van der Waals surface area contributed by atoms with Crippen LogP contribution in [0.4, 0.5) is 10.7 Å². The number of ketones is 1. The molecule has 3 rings (SSSR count). The van der Waals surface area contributed by atoms with E-state index in [2.05, 4.69) is 9.97 Å². The van der Waals surface area contributed by atoms with E-state index in [0.29, 0.717) is 12.8 Å². The third-order valence-corrected chi connectivity index (χ3v) is 5.82. The lowest BCUT2D eigenvalue weighted by atomic mass is 10.1. The normalized spacial score (nSPS) is 13.6. The second-order valence-corrected chi connectivity index (χ2v) is 7.75. The number of anilines is 1. The van der Waals surface area contributed by atoms with Gasteiger partial charge >= 0.3 is 6.03 Å². The van der Waals surface area contributed by atoms with Crippen LogP contribution in [0.5, 0.6) is 11.8 Å². The Hall–Kier alpha value is -3.21. The zero-order valence-corrected chi connectivity index (χ0v) is 16.0. The summed E-state index contributed by atoms with van der Waals surface area (Å²) < 4.78 is 36.7. The number of hydrogen-bond donors (Lipinski definition) is 1. The zero-order chi connectivity index (χ0) is 20.5. The first-order valence-electron chi connectivity index (χ1n) is 8.24. The monoisotopic (exact) mass is 406 g/mol. The highest BCUT2D eigenvalue weighted by Crippen LogP contribution is 2.35. The van der Waals surface area contributed by atoms with Crippen molar-refractivity contribution in [2.75, 3.05) is 18.5 Å². The number of Topliss-reactive ketones (excluding diaryl/α,β-unsaturated/α-hetero) is 1. The Morgan fingerprint density at radius 2 is 1.68 bits per heavy atom. The zero-order valence-electron chi connectivity index (χ0n) is 15.2. The summed E-state index contributed by atoms with van der Waals surface area (Å²) in [4.78, 5) is 32.0. The number of primary amides is 1. The van der Waals surface area contributed by atoms with Gasteiger partial charge in [0.05, 0.1) is 25.2 Å². The van der Waals surface area contributed by atoms with Gasteiger partial charge in [-0.15, -0.1) is 4.31 Å². The summed E-state index contributed by atoms with van der Waals surface area (Å²) in [6.45, 7) is 0. The van der Waals surface area contributed by atoms with Crippen LogP contribution < -0.4 is 19.5 Å². The molecule has 0 bridgehead atoms. The van der Waals surface area contributed by atoms with Crippen molar-refractivity contribution in [1.29, 1.82) is 0 Å². The molecule has 0 aliphatic heterocycles. The number of aromatic nitrogens is 2. The Kier molecular flexibility index (Phi) is 5.18. The standard InChI is InChI=1S/C17H18N4O6S/c1-26-13-9-14(27-2)20-17(19-13)21(16(18)23)28(24,25)12-6-4-3-5-11(12)15(22)10-7-8-10/h3-6,9-10H,7-8H2,1-2H3,(H2,18,23). The smallest absolute Gasteiger partial charge is 0.336 e. The number of hydrogen-bond acceptors (Lipinski definition) is 8. The molecule has 0 saturated heterocycles. The number of benzene rings is 1. The van der Waals surface area contributed by atoms with Crippen LogP contribution in [-0.2, 0) is 10.0 Å². The number of sulfonamides is 1. The Morgan fingerprint density at radius 3 is 2.18 bits per heavy atom. The van der Waals surface area contributed by atoms with E-state index in [9.17, 15) is 18.0 Å². The lowest BCUT2D eigenvalue weighted by Gasteiger charge is -2.20. The molecule has 0 radical (unpaired) electrons. The van der Waals surface area contributed by atoms with Crippen LogP contribution in [-0.4, -0.2) is 44.4 Å². The molecule has 1 aliphatic rings. The van der Waals surface area contributed by atoms with Gasteiger partial charge in [-0.1, -0.05) is 18.2 Å². The number of amides is 2. The van der Waals surface area contributed by atoms with E-state index in [1.165, 1.54) is 38.5 Å². The minimum atomic E-state index is -4.58. The maximum Gasteiger partial charge on any atom is 0.336 e. The van der Waals surface area contributed by atoms with E-state index >= 15 is 0 Å². The van der Waals surface area contributed by atoms with Crippen molar-refractivity contribution in [1.82, 2.24) is 9.97 Å². The fourth-order valence-corrected chi connectivity index (χ4v) is 4.00. The van der Waals surface area contributed by atoms with Crippen molar-refractivity contribution < 1.29 is 27.5 Å². The number of rotatable bonds is 7. The topological polar surface area (TPSA) is 142 Å². The number of carbonyl (C=O) groups is 2. The van der Waals surface area contributed by atoms with Crippen LogP contribution in [0, 0.1) is 5.92 Å². The highest BCUT2D eigenvalue weighted by molar-refractivity contribution is 7.93. The van der Waals surface area contributed by atoms with Gasteiger partial charge in [-0.3, -0.25) is 4.79 Å². The Morgan fingerprint density at radius 1 is 1.11 bits per heavy atom. The maximum atomic E-state index is 13.3. The molecule has 10 nitrogen and oxygen atoms in total. The molecule has 0 unspecified atom stereocenters. The molecule has 1 saturated carbocycles. The lowest BCUT2D eigenvalue weighted by Crippen LogP contribution is -2.42. The summed E-state index contributed by atoms with van der Waals surface area (Å²) >= 11 is 0. The number of urea groups is 1. The Labute approximate surface area is 161 Å². The van der Waals surface area contributed by atoms with Gasteiger partial charge in [0.2, 0.25) is 11.8 Å². The van der Waals surface area contributed by atoms with Crippen LogP contribution in [0.25, 0.3) is 0 Å². The quantitative estimate of drug-likeness (QED) is 0.679. The van der Waals surface area contributed by atoms with Crippen LogP contribution in [0.1, 0.15) is 23.2 Å². The van der Waals surface area contributed by atoms with E-state index in [1.54, 1.807) is 6.07 Å². The fourth-order valence-electron chi connectivity index (χ4n) is 2.58. The largest absolute Gasteiger partial charge is 0.481 e.